The normalized spacial score (nSPS) is 24.0. The number of hydrogen-bond donors (Lipinski definition) is 1. The van der Waals surface area contributed by atoms with Gasteiger partial charge in [-0.1, -0.05) is 13.8 Å². The summed E-state index contributed by atoms with van der Waals surface area (Å²) in [6, 6.07) is -0.886. The summed E-state index contributed by atoms with van der Waals surface area (Å²) in [6.07, 6.45) is 0.716. The lowest BCUT2D eigenvalue weighted by molar-refractivity contribution is -0.152. The van der Waals surface area contributed by atoms with Crippen LogP contribution in [0.1, 0.15) is 47.0 Å². The van der Waals surface area contributed by atoms with Crippen LogP contribution in [0.5, 0.6) is 0 Å². The second kappa shape index (κ2) is 8.26. The molecule has 0 heterocycles. The number of methoxy groups -OCH3 is 1. The molecule has 7 heteroatoms. The maximum Gasteiger partial charge on any atom is 0.328 e. The topological polar surface area (TPSA) is 98.8 Å². The fourth-order valence-electron chi connectivity index (χ4n) is 3.17. The van der Waals surface area contributed by atoms with Crippen LogP contribution in [0.15, 0.2) is 0 Å². The van der Waals surface area contributed by atoms with Crippen LogP contribution in [0.3, 0.4) is 0 Å². The van der Waals surface area contributed by atoms with E-state index in [-0.39, 0.29) is 37.1 Å². The first-order valence-corrected chi connectivity index (χ1v) is 8.17. The Labute approximate surface area is 142 Å². The lowest BCUT2D eigenvalue weighted by Crippen LogP contribution is -2.52. The standard InChI is InChI=1S/C17H27NO6/c1-6-24-16(22)15(18-10(2)19)11-7-12(9-14(21)23-5)17(3,4)13(20)8-11/h11-12,15H,6-9H2,1-5H3,(H,18,19)/t11?,12-,15?/m0/s1. The highest BCUT2D eigenvalue weighted by Gasteiger charge is 2.47. The maximum absolute atomic E-state index is 12.6. The first kappa shape index (κ1) is 20.1. The van der Waals surface area contributed by atoms with E-state index in [0.717, 1.165) is 0 Å². The largest absolute Gasteiger partial charge is 0.469 e. The predicted molar refractivity (Wildman–Crippen MR) is 85.9 cm³/mol. The molecule has 0 saturated heterocycles. The van der Waals surface area contributed by atoms with Gasteiger partial charge >= 0.3 is 11.9 Å². The van der Waals surface area contributed by atoms with Crippen LogP contribution >= 0.6 is 0 Å². The Balaban J connectivity index is 3.03. The first-order chi connectivity index (χ1) is 11.1. The Morgan fingerprint density at radius 2 is 1.96 bits per heavy atom. The van der Waals surface area contributed by atoms with Crippen molar-refractivity contribution >= 4 is 23.6 Å². The summed E-state index contributed by atoms with van der Waals surface area (Å²) >= 11 is 0. The number of hydrogen-bond acceptors (Lipinski definition) is 6. The van der Waals surface area contributed by atoms with Gasteiger partial charge in [-0.2, -0.15) is 0 Å². The number of ether oxygens (including phenoxy) is 2. The summed E-state index contributed by atoms with van der Waals surface area (Å²) in [5.41, 5.74) is -0.680. The van der Waals surface area contributed by atoms with Crippen LogP contribution < -0.4 is 5.32 Å². The molecule has 1 aliphatic carbocycles. The van der Waals surface area contributed by atoms with Crippen molar-refractivity contribution in [1.29, 1.82) is 0 Å². The monoisotopic (exact) mass is 341 g/mol. The summed E-state index contributed by atoms with van der Waals surface area (Å²) in [5.74, 6) is -2.01. The van der Waals surface area contributed by atoms with Gasteiger partial charge in [-0.25, -0.2) is 4.79 Å². The number of carbonyl (C=O) groups excluding carboxylic acids is 4. The summed E-state index contributed by atoms with van der Waals surface area (Å²) in [6.45, 7) is 6.78. The molecule has 7 nitrogen and oxygen atoms in total. The van der Waals surface area contributed by atoms with Crippen molar-refractivity contribution in [3.63, 3.8) is 0 Å². The van der Waals surface area contributed by atoms with E-state index in [4.69, 9.17) is 9.47 Å². The Bertz CT molecular complexity index is 513. The molecular weight excluding hydrogens is 314 g/mol. The van der Waals surface area contributed by atoms with Crippen molar-refractivity contribution in [2.75, 3.05) is 13.7 Å². The minimum atomic E-state index is -0.886. The van der Waals surface area contributed by atoms with E-state index in [1.807, 2.05) is 0 Å². The summed E-state index contributed by atoms with van der Waals surface area (Å²) in [5, 5.41) is 2.59. The smallest absolute Gasteiger partial charge is 0.328 e. The van der Waals surface area contributed by atoms with Gasteiger partial charge in [-0.05, 0) is 25.2 Å². The third kappa shape index (κ3) is 4.79. The van der Waals surface area contributed by atoms with E-state index in [9.17, 15) is 19.2 Å². The molecule has 2 unspecified atom stereocenters. The van der Waals surface area contributed by atoms with Crippen molar-refractivity contribution in [3.05, 3.63) is 0 Å². The van der Waals surface area contributed by atoms with Crippen molar-refractivity contribution in [2.45, 2.75) is 53.0 Å². The van der Waals surface area contributed by atoms with Crippen LogP contribution in [-0.2, 0) is 28.7 Å². The highest BCUT2D eigenvalue weighted by atomic mass is 16.5. The Hall–Kier alpha value is -1.92. The Morgan fingerprint density at radius 3 is 2.46 bits per heavy atom. The lowest BCUT2D eigenvalue weighted by Gasteiger charge is -2.42. The number of ketones is 1. The van der Waals surface area contributed by atoms with Crippen LogP contribution in [0.25, 0.3) is 0 Å². The fraction of sp³-hybridized carbons (Fsp3) is 0.765. The fourth-order valence-corrected chi connectivity index (χ4v) is 3.17. The third-order valence-electron chi connectivity index (χ3n) is 4.79. The molecule has 1 saturated carbocycles. The van der Waals surface area contributed by atoms with E-state index in [2.05, 4.69) is 5.32 Å². The highest BCUT2D eigenvalue weighted by molar-refractivity contribution is 5.89. The second-order valence-electron chi connectivity index (χ2n) is 6.75. The molecule has 0 aliphatic heterocycles. The van der Waals surface area contributed by atoms with Gasteiger partial charge in [-0.3, -0.25) is 14.4 Å². The first-order valence-electron chi connectivity index (χ1n) is 8.17. The maximum atomic E-state index is 12.6. The minimum Gasteiger partial charge on any atom is -0.469 e. The predicted octanol–water partition coefficient (Wildman–Crippen LogP) is 1.24. The molecule has 1 rings (SSSR count). The lowest BCUT2D eigenvalue weighted by atomic mass is 9.62. The van der Waals surface area contributed by atoms with Crippen LogP contribution in [0, 0.1) is 17.3 Å². The van der Waals surface area contributed by atoms with E-state index >= 15 is 0 Å². The van der Waals surface area contributed by atoms with Gasteiger partial charge in [0, 0.05) is 25.2 Å². The van der Waals surface area contributed by atoms with E-state index in [0.29, 0.717) is 6.42 Å². The van der Waals surface area contributed by atoms with E-state index in [1.54, 1.807) is 20.8 Å². The van der Waals surface area contributed by atoms with Crippen LogP contribution in [0.4, 0.5) is 0 Å². The van der Waals surface area contributed by atoms with Gasteiger partial charge in [0.15, 0.2) is 0 Å². The van der Waals surface area contributed by atoms with Crippen molar-refractivity contribution in [3.8, 4) is 0 Å². The van der Waals surface area contributed by atoms with Crippen molar-refractivity contribution in [1.82, 2.24) is 5.32 Å². The molecule has 0 aromatic rings. The average Bonchev–Trinajstić information content (AvgIpc) is 2.49. The number of nitrogens with one attached hydrogen (secondary N) is 1. The van der Waals surface area contributed by atoms with Gasteiger partial charge in [0.05, 0.1) is 13.7 Å². The molecule has 1 N–H and O–H groups in total. The van der Waals surface area contributed by atoms with Crippen LogP contribution in [-0.4, -0.2) is 43.4 Å². The van der Waals surface area contributed by atoms with Gasteiger partial charge in [0.25, 0.3) is 0 Å². The zero-order valence-corrected chi connectivity index (χ0v) is 15.0. The Kier molecular flexibility index (Phi) is 6.93. The molecule has 136 valence electrons. The molecule has 0 bridgehead atoms. The molecule has 1 aliphatic rings. The van der Waals surface area contributed by atoms with Gasteiger partial charge in [-0.15, -0.1) is 0 Å². The van der Waals surface area contributed by atoms with Gasteiger partial charge in [0.2, 0.25) is 5.91 Å². The second-order valence-corrected chi connectivity index (χ2v) is 6.75. The molecule has 0 spiro atoms. The Morgan fingerprint density at radius 1 is 1.33 bits per heavy atom. The molecule has 1 amide bonds. The average molecular weight is 341 g/mol. The molecule has 0 aromatic heterocycles. The van der Waals surface area contributed by atoms with Crippen LogP contribution in [0.2, 0.25) is 0 Å². The number of carbonyl (C=O) groups is 4. The molecule has 0 radical (unpaired) electrons. The van der Waals surface area contributed by atoms with Crippen molar-refractivity contribution < 1.29 is 28.7 Å². The number of esters is 2. The molecule has 24 heavy (non-hydrogen) atoms. The van der Waals surface area contributed by atoms with E-state index in [1.165, 1.54) is 14.0 Å². The minimum absolute atomic E-state index is 0.0349. The highest BCUT2D eigenvalue weighted by Crippen LogP contribution is 2.43. The van der Waals surface area contributed by atoms with E-state index < -0.39 is 29.3 Å². The summed E-state index contributed by atoms with van der Waals surface area (Å²) < 4.78 is 9.74. The zero-order chi connectivity index (χ0) is 18.5. The summed E-state index contributed by atoms with van der Waals surface area (Å²) in [4.78, 5) is 47.9. The zero-order valence-electron chi connectivity index (χ0n) is 15.0. The van der Waals surface area contributed by atoms with Gasteiger partial charge in [0.1, 0.15) is 11.8 Å². The number of rotatable bonds is 6. The number of Topliss-reactive ketones (excluding diaryl/α,β-unsaturated/α-hetero) is 1. The summed E-state index contributed by atoms with van der Waals surface area (Å²) in [7, 11) is 1.30. The van der Waals surface area contributed by atoms with Crippen molar-refractivity contribution in [2.24, 2.45) is 17.3 Å². The third-order valence-corrected chi connectivity index (χ3v) is 4.79. The molecule has 3 atom stereocenters. The molecule has 1 fully saturated rings. The quantitative estimate of drug-likeness (QED) is 0.730. The SMILES string of the molecule is CCOC(=O)C(NC(C)=O)C1CC(=O)C(C)(C)[C@H](CC(=O)OC)C1. The van der Waals surface area contributed by atoms with Gasteiger partial charge < -0.3 is 14.8 Å². The molecule has 0 aromatic carbocycles. The number of amides is 1. The molecular formula is C17H27NO6.